The van der Waals surface area contributed by atoms with E-state index in [4.69, 9.17) is 5.11 Å². The zero-order valence-corrected chi connectivity index (χ0v) is 12.0. The van der Waals surface area contributed by atoms with Gasteiger partial charge in [0.25, 0.3) is 0 Å². The van der Waals surface area contributed by atoms with Crippen molar-refractivity contribution in [3.8, 4) is 0 Å². The molecule has 0 amide bonds. The van der Waals surface area contributed by atoms with Crippen LogP contribution in [0.1, 0.15) is 10.4 Å². The Kier molecular flexibility index (Phi) is 3.97. The first-order valence-corrected chi connectivity index (χ1v) is 7.38. The Morgan fingerprint density at radius 2 is 1.94 bits per heavy atom. The molecule has 1 rings (SSSR count). The van der Waals surface area contributed by atoms with Crippen LogP contribution in [-0.4, -0.2) is 25.7 Å². The molecular formula is C8H7Br2NO4S. The number of nitrogens with one attached hydrogen (secondary N) is 1. The van der Waals surface area contributed by atoms with Crippen molar-refractivity contribution in [1.82, 2.24) is 0 Å². The van der Waals surface area contributed by atoms with Crippen LogP contribution in [0, 0.1) is 0 Å². The maximum atomic E-state index is 11.1. The first kappa shape index (κ1) is 13.5. The second-order valence-electron chi connectivity index (χ2n) is 2.99. The molecule has 0 aromatic heterocycles. The Morgan fingerprint density at radius 3 is 2.38 bits per heavy atom. The summed E-state index contributed by atoms with van der Waals surface area (Å²) in [6, 6.07) is 2.88. The Morgan fingerprint density at radius 1 is 1.38 bits per heavy atom. The van der Waals surface area contributed by atoms with E-state index in [9.17, 15) is 13.2 Å². The van der Waals surface area contributed by atoms with E-state index in [2.05, 4.69) is 36.6 Å². The van der Waals surface area contributed by atoms with Gasteiger partial charge in [0.2, 0.25) is 10.0 Å². The van der Waals surface area contributed by atoms with Crippen LogP contribution in [0.4, 0.5) is 5.69 Å². The number of rotatable bonds is 3. The maximum absolute atomic E-state index is 11.1. The van der Waals surface area contributed by atoms with Gasteiger partial charge in [-0.2, -0.15) is 0 Å². The minimum absolute atomic E-state index is 0.0122. The quantitative estimate of drug-likeness (QED) is 0.852. The molecule has 1 aromatic rings. The zero-order chi connectivity index (χ0) is 12.5. The molecule has 5 nitrogen and oxygen atoms in total. The molecule has 0 aliphatic heterocycles. The van der Waals surface area contributed by atoms with Crippen LogP contribution in [0.3, 0.4) is 0 Å². The fourth-order valence-electron chi connectivity index (χ4n) is 1.03. The van der Waals surface area contributed by atoms with Crippen LogP contribution >= 0.6 is 31.9 Å². The number of benzene rings is 1. The molecule has 0 saturated carbocycles. The van der Waals surface area contributed by atoms with Crippen LogP contribution in [0.2, 0.25) is 0 Å². The van der Waals surface area contributed by atoms with Crippen molar-refractivity contribution in [1.29, 1.82) is 0 Å². The molecular weight excluding hydrogens is 366 g/mol. The second-order valence-corrected chi connectivity index (χ2v) is 6.51. The van der Waals surface area contributed by atoms with Crippen molar-refractivity contribution in [2.24, 2.45) is 0 Å². The number of carbonyl (C=O) groups is 1. The molecule has 0 aliphatic rings. The molecule has 8 heteroatoms. The Balaban J connectivity index is 3.41. The van der Waals surface area contributed by atoms with E-state index in [1.807, 2.05) is 0 Å². The van der Waals surface area contributed by atoms with E-state index in [0.717, 1.165) is 6.26 Å². The van der Waals surface area contributed by atoms with Crippen molar-refractivity contribution in [3.63, 3.8) is 0 Å². The van der Waals surface area contributed by atoms with Crippen LogP contribution in [0.25, 0.3) is 0 Å². The topological polar surface area (TPSA) is 83.5 Å². The summed E-state index contributed by atoms with van der Waals surface area (Å²) in [5, 5.41) is 8.93. The Hall–Kier alpha value is -0.600. The molecule has 1 aromatic carbocycles. The molecule has 0 unspecified atom stereocenters. The molecule has 0 atom stereocenters. The number of carboxylic acids is 1. The molecule has 16 heavy (non-hydrogen) atoms. The highest BCUT2D eigenvalue weighted by Crippen LogP contribution is 2.31. The summed E-state index contributed by atoms with van der Waals surface area (Å²) in [7, 11) is -3.53. The third-order valence-electron chi connectivity index (χ3n) is 1.57. The highest BCUT2D eigenvalue weighted by Gasteiger charge is 2.17. The molecule has 0 radical (unpaired) electrons. The fraction of sp³-hybridized carbons (Fsp3) is 0.125. The fourth-order valence-corrected chi connectivity index (χ4v) is 3.08. The number of halogens is 2. The highest BCUT2D eigenvalue weighted by molar-refractivity contribution is 9.11. The number of aromatic carboxylic acids is 1. The molecule has 2 N–H and O–H groups in total. The summed E-state index contributed by atoms with van der Waals surface area (Å²) in [4.78, 5) is 10.9. The van der Waals surface area contributed by atoms with Crippen molar-refractivity contribution < 1.29 is 18.3 Å². The van der Waals surface area contributed by atoms with Crippen LogP contribution in [-0.2, 0) is 10.0 Å². The average Bonchev–Trinajstić information content (AvgIpc) is 2.07. The van der Waals surface area contributed by atoms with Gasteiger partial charge in [0, 0.05) is 8.95 Å². The van der Waals surface area contributed by atoms with Gasteiger partial charge in [-0.25, -0.2) is 13.2 Å². The van der Waals surface area contributed by atoms with Crippen LogP contribution < -0.4 is 4.72 Å². The lowest BCUT2D eigenvalue weighted by Gasteiger charge is -2.10. The summed E-state index contributed by atoms with van der Waals surface area (Å²) in [5.41, 5.74) is -0.120. The summed E-state index contributed by atoms with van der Waals surface area (Å²) in [6.07, 6.45) is 0.952. The van der Waals surface area contributed by atoms with Gasteiger partial charge in [0.15, 0.2) is 0 Å². The van der Waals surface area contributed by atoms with E-state index in [0.29, 0.717) is 8.95 Å². The first-order valence-electron chi connectivity index (χ1n) is 3.91. The van der Waals surface area contributed by atoms with Gasteiger partial charge in [0.1, 0.15) is 0 Å². The van der Waals surface area contributed by atoms with E-state index in [1.54, 1.807) is 6.07 Å². The smallest absolute Gasteiger partial charge is 0.337 e. The number of carboxylic acid groups (broad SMARTS) is 1. The standard InChI is InChI=1S/C8H7Br2NO4S/c1-16(14,15)11-7-5(8(12)13)2-4(9)3-6(7)10/h2-3,11H,1H3,(H,12,13). The second kappa shape index (κ2) is 4.72. The minimum atomic E-state index is -3.53. The maximum Gasteiger partial charge on any atom is 0.337 e. The summed E-state index contributed by atoms with van der Waals surface area (Å²) < 4.78 is 25.2. The van der Waals surface area contributed by atoms with Gasteiger partial charge in [0.05, 0.1) is 17.5 Å². The van der Waals surface area contributed by atoms with Crippen LogP contribution in [0.5, 0.6) is 0 Å². The predicted molar refractivity (Wildman–Crippen MR) is 67.3 cm³/mol. The largest absolute Gasteiger partial charge is 0.478 e. The molecule has 0 heterocycles. The van der Waals surface area contributed by atoms with E-state index in [1.165, 1.54) is 6.07 Å². The number of hydrogen-bond acceptors (Lipinski definition) is 3. The van der Waals surface area contributed by atoms with Crippen molar-refractivity contribution in [2.45, 2.75) is 0 Å². The Bertz CT molecular complexity index is 541. The molecule has 0 aliphatic carbocycles. The summed E-state index contributed by atoms with van der Waals surface area (Å²) in [6.45, 7) is 0. The summed E-state index contributed by atoms with van der Waals surface area (Å²) in [5.74, 6) is -1.21. The normalized spacial score (nSPS) is 11.2. The third-order valence-corrected chi connectivity index (χ3v) is 3.23. The molecule has 0 bridgehead atoms. The third kappa shape index (κ3) is 3.46. The molecule has 0 spiro atoms. The van der Waals surface area contributed by atoms with E-state index >= 15 is 0 Å². The van der Waals surface area contributed by atoms with Gasteiger partial charge >= 0.3 is 5.97 Å². The van der Waals surface area contributed by atoms with E-state index < -0.39 is 16.0 Å². The zero-order valence-electron chi connectivity index (χ0n) is 7.99. The monoisotopic (exact) mass is 371 g/mol. The number of anilines is 1. The Labute approximate surface area is 109 Å². The van der Waals surface area contributed by atoms with Crippen molar-refractivity contribution in [2.75, 3.05) is 11.0 Å². The lowest BCUT2D eigenvalue weighted by Crippen LogP contribution is -2.13. The molecule has 0 saturated heterocycles. The SMILES string of the molecule is CS(=O)(=O)Nc1c(Br)cc(Br)cc1C(=O)O. The van der Waals surface area contributed by atoms with Crippen molar-refractivity contribution >= 4 is 53.5 Å². The highest BCUT2D eigenvalue weighted by atomic mass is 79.9. The lowest BCUT2D eigenvalue weighted by atomic mass is 10.2. The summed E-state index contributed by atoms with van der Waals surface area (Å²) >= 11 is 6.22. The van der Waals surface area contributed by atoms with Gasteiger partial charge in [-0.3, -0.25) is 4.72 Å². The van der Waals surface area contributed by atoms with Crippen molar-refractivity contribution in [3.05, 3.63) is 26.6 Å². The lowest BCUT2D eigenvalue weighted by molar-refractivity contribution is 0.0698. The van der Waals surface area contributed by atoms with E-state index in [-0.39, 0.29) is 11.3 Å². The van der Waals surface area contributed by atoms with Gasteiger partial charge in [-0.1, -0.05) is 15.9 Å². The average molecular weight is 373 g/mol. The van der Waals surface area contributed by atoms with Gasteiger partial charge in [-0.15, -0.1) is 0 Å². The van der Waals surface area contributed by atoms with Crippen LogP contribution in [0.15, 0.2) is 21.1 Å². The predicted octanol–water partition coefficient (Wildman–Crippen LogP) is 2.28. The van der Waals surface area contributed by atoms with Gasteiger partial charge in [-0.05, 0) is 28.1 Å². The number of sulfonamides is 1. The van der Waals surface area contributed by atoms with Gasteiger partial charge < -0.3 is 5.11 Å². The first-order chi connectivity index (χ1) is 7.20. The number of hydrogen-bond donors (Lipinski definition) is 2. The molecule has 0 fully saturated rings. The minimum Gasteiger partial charge on any atom is -0.478 e. The molecule has 88 valence electrons.